The molecule has 2 heteroatoms. The topological polar surface area (TPSA) is 21.3 Å². The van der Waals surface area contributed by atoms with E-state index >= 15 is 0 Å². The summed E-state index contributed by atoms with van der Waals surface area (Å²) in [5.41, 5.74) is 6.07. The summed E-state index contributed by atoms with van der Waals surface area (Å²) >= 11 is 0. The van der Waals surface area contributed by atoms with Gasteiger partial charge in [0, 0.05) is 5.41 Å². The molecule has 1 heterocycles. The van der Waals surface area contributed by atoms with Crippen LogP contribution in [0.15, 0.2) is 12.1 Å². The largest absolute Gasteiger partial charge is 0.379 e. The Labute approximate surface area is 111 Å². The number of nitrogens with one attached hydrogen (secondary N) is 1. The van der Waals surface area contributed by atoms with Crippen molar-refractivity contribution in [1.82, 2.24) is 5.32 Å². The molecule has 1 N–H and O–H groups in total. The number of rotatable bonds is 5. The van der Waals surface area contributed by atoms with E-state index in [1.54, 1.807) is 0 Å². The molecule has 0 radical (unpaired) electrons. The minimum atomic E-state index is 0.277. The molecule has 0 unspecified atom stereocenters. The van der Waals surface area contributed by atoms with E-state index in [4.69, 9.17) is 4.74 Å². The average Bonchev–Trinajstić information content (AvgIpc) is 2.31. The summed E-state index contributed by atoms with van der Waals surface area (Å²) in [6, 6.07) is 4.58. The van der Waals surface area contributed by atoms with Crippen molar-refractivity contribution in [1.29, 1.82) is 0 Å². The van der Waals surface area contributed by atoms with Crippen LogP contribution in [0, 0.1) is 20.8 Å². The smallest absolute Gasteiger partial charge is 0.0585 e. The molecule has 1 aliphatic heterocycles. The molecular weight excluding hydrogens is 222 g/mol. The number of hydrogen-bond acceptors (Lipinski definition) is 2. The summed E-state index contributed by atoms with van der Waals surface area (Å²) < 4.78 is 5.53. The zero-order chi connectivity index (χ0) is 13.2. The van der Waals surface area contributed by atoms with Crippen LogP contribution in [0.25, 0.3) is 0 Å². The Bertz CT molecular complexity index is 421. The second-order valence-electron chi connectivity index (χ2n) is 5.66. The summed E-state index contributed by atoms with van der Waals surface area (Å²) in [5, 5.41) is 3.23. The first-order valence-electron chi connectivity index (χ1n) is 6.90. The van der Waals surface area contributed by atoms with Gasteiger partial charge < -0.3 is 10.1 Å². The molecule has 0 spiro atoms. The van der Waals surface area contributed by atoms with Crippen molar-refractivity contribution >= 4 is 0 Å². The summed E-state index contributed by atoms with van der Waals surface area (Å²) in [7, 11) is 2.02. The molecule has 2 rings (SSSR count). The highest BCUT2D eigenvalue weighted by Gasteiger charge is 2.40. The van der Waals surface area contributed by atoms with Crippen LogP contribution in [0.1, 0.15) is 35.1 Å². The molecule has 2 nitrogen and oxygen atoms in total. The van der Waals surface area contributed by atoms with Crippen LogP contribution in [0.5, 0.6) is 0 Å². The van der Waals surface area contributed by atoms with Gasteiger partial charge in [0.2, 0.25) is 0 Å². The predicted octanol–water partition coefficient (Wildman–Crippen LogP) is 2.88. The second-order valence-corrected chi connectivity index (χ2v) is 5.66. The Morgan fingerprint density at radius 1 is 1.17 bits per heavy atom. The molecule has 0 amide bonds. The fourth-order valence-corrected chi connectivity index (χ4v) is 2.92. The van der Waals surface area contributed by atoms with Gasteiger partial charge in [0.1, 0.15) is 0 Å². The van der Waals surface area contributed by atoms with Gasteiger partial charge in [0.05, 0.1) is 13.2 Å². The van der Waals surface area contributed by atoms with Crippen molar-refractivity contribution in [3.8, 4) is 0 Å². The fraction of sp³-hybridized carbons (Fsp3) is 0.625. The zero-order valence-electron chi connectivity index (χ0n) is 12.1. The van der Waals surface area contributed by atoms with Gasteiger partial charge in [-0.15, -0.1) is 0 Å². The van der Waals surface area contributed by atoms with Crippen LogP contribution in [0.2, 0.25) is 0 Å². The minimum absolute atomic E-state index is 0.277. The molecule has 100 valence electrons. The maximum Gasteiger partial charge on any atom is 0.0585 e. The van der Waals surface area contributed by atoms with Gasteiger partial charge in [-0.2, -0.15) is 0 Å². The summed E-state index contributed by atoms with van der Waals surface area (Å²) in [6.07, 6.45) is 2.43. The molecule has 0 bridgehead atoms. The van der Waals surface area contributed by atoms with Crippen LogP contribution in [0.3, 0.4) is 0 Å². The first kappa shape index (κ1) is 13.6. The van der Waals surface area contributed by atoms with E-state index in [0.29, 0.717) is 0 Å². The van der Waals surface area contributed by atoms with E-state index in [-0.39, 0.29) is 5.41 Å². The lowest BCUT2D eigenvalue weighted by molar-refractivity contribution is -0.0653. The van der Waals surface area contributed by atoms with Gasteiger partial charge in [-0.1, -0.05) is 12.1 Å². The highest BCUT2D eigenvalue weighted by molar-refractivity contribution is 5.43. The minimum Gasteiger partial charge on any atom is -0.379 e. The molecule has 1 saturated heterocycles. The Balaban J connectivity index is 2.25. The Hall–Kier alpha value is -0.860. The van der Waals surface area contributed by atoms with E-state index in [2.05, 4.69) is 38.2 Å². The average molecular weight is 247 g/mol. The highest BCUT2D eigenvalue weighted by atomic mass is 16.5. The molecule has 1 aromatic carbocycles. The zero-order valence-corrected chi connectivity index (χ0v) is 12.1. The van der Waals surface area contributed by atoms with Crippen molar-refractivity contribution in [2.75, 3.05) is 26.8 Å². The van der Waals surface area contributed by atoms with Crippen LogP contribution >= 0.6 is 0 Å². The van der Waals surface area contributed by atoms with E-state index < -0.39 is 0 Å². The molecule has 1 aromatic rings. The number of aryl methyl sites for hydroxylation is 1. The third-order valence-electron chi connectivity index (χ3n) is 4.47. The van der Waals surface area contributed by atoms with Crippen molar-refractivity contribution < 1.29 is 4.74 Å². The highest BCUT2D eigenvalue weighted by Crippen LogP contribution is 2.39. The van der Waals surface area contributed by atoms with Gasteiger partial charge in [-0.25, -0.2) is 0 Å². The van der Waals surface area contributed by atoms with Gasteiger partial charge in [-0.05, 0) is 69.5 Å². The third-order valence-corrected chi connectivity index (χ3v) is 4.47. The Kier molecular flexibility index (Phi) is 4.08. The first-order valence-corrected chi connectivity index (χ1v) is 6.90. The first-order chi connectivity index (χ1) is 8.60. The van der Waals surface area contributed by atoms with E-state index in [9.17, 15) is 0 Å². The molecule has 0 atom stereocenters. The van der Waals surface area contributed by atoms with Crippen molar-refractivity contribution in [2.24, 2.45) is 0 Å². The summed E-state index contributed by atoms with van der Waals surface area (Å²) in [4.78, 5) is 0. The molecular formula is C16H25NO. The van der Waals surface area contributed by atoms with Crippen molar-refractivity contribution in [3.63, 3.8) is 0 Å². The van der Waals surface area contributed by atoms with Gasteiger partial charge >= 0.3 is 0 Å². The number of hydrogen-bond donors (Lipinski definition) is 1. The van der Waals surface area contributed by atoms with Crippen LogP contribution in [-0.2, 0) is 10.2 Å². The third kappa shape index (κ3) is 2.32. The molecule has 0 saturated carbocycles. The quantitative estimate of drug-likeness (QED) is 0.808. The normalized spacial score (nSPS) is 17.6. The molecule has 18 heavy (non-hydrogen) atoms. The SMILES string of the molecule is CNCCCC1(c2ccc(C)c(C)c2C)COC1. The van der Waals surface area contributed by atoms with E-state index in [0.717, 1.165) is 19.8 Å². The second kappa shape index (κ2) is 5.41. The van der Waals surface area contributed by atoms with Gasteiger partial charge in [-0.3, -0.25) is 0 Å². The lowest BCUT2D eigenvalue weighted by Crippen LogP contribution is -2.47. The fourth-order valence-electron chi connectivity index (χ4n) is 2.92. The van der Waals surface area contributed by atoms with E-state index in [1.165, 1.54) is 35.1 Å². The maximum atomic E-state index is 5.53. The summed E-state index contributed by atoms with van der Waals surface area (Å²) in [5.74, 6) is 0. The lowest BCUT2D eigenvalue weighted by atomic mass is 9.72. The van der Waals surface area contributed by atoms with E-state index in [1.807, 2.05) is 7.05 Å². The van der Waals surface area contributed by atoms with Crippen molar-refractivity contribution in [3.05, 3.63) is 34.4 Å². The number of benzene rings is 1. The van der Waals surface area contributed by atoms with Crippen LogP contribution in [-0.4, -0.2) is 26.8 Å². The number of ether oxygens (including phenoxy) is 1. The van der Waals surface area contributed by atoms with Gasteiger partial charge in [0.15, 0.2) is 0 Å². The molecule has 0 aliphatic carbocycles. The maximum absolute atomic E-state index is 5.53. The lowest BCUT2D eigenvalue weighted by Gasteiger charge is -2.43. The van der Waals surface area contributed by atoms with Crippen molar-refractivity contribution in [2.45, 2.75) is 39.0 Å². The standard InChI is InChI=1S/C16H25NO/c1-12-6-7-15(14(3)13(12)2)16(10-18-11-16)8-5-9-17-4/h6-7,17H,5,8-11H2,1-4H3. The molecule has 1 aliphatic rings. The molecule has 1 fully saturated rings. The molecule has 0 aromatic heterocycles. The predicted molar refractivity (Wildman–Crippen MR) is 76.3 cm³/mol. The summed E-state index contributed by atoms with van der Waals surface area (Å²) in [6.45, 7) is 9.55. The monoisotopic (exact) mass is 247 g/mol. The van der Waals surface area contributed by atoms with Gasteiger partial charge in [0.25, 0.3) is 0 Å². The Morgan fingerprint density at radius 2 is 1.89 bits per heavy atom. The van der Waals surface area contributed by atoms with Crippen LogP contribution in [0.4, 0.5) is 0 Å². The Morgan fingerprint density at radius 3 is 2.44 bits per heavy atom. The van der Waals surface area contributed by atoms with Crippen LogP contribution < -0.4 is 5.32 Å².